The number of rotatable bonds is 3. The first kappa shape index (κ1) is 24.8. The van der Waals surface area contributed by atoms with Gasteiger partial charge < -0.3 is 15.7 Å². The van der Waals surface area contributed by atoms with Gasteiger partial charge in [0.25, 0.3) is 0 Å². The largest absolute Gasteiger partial charge is 0.490 e. The van der Waals surface area contributed by atoms with Crippen LogP contribution in [0.15, 0.2) is 41.3 Å². The Morgan fingerprint density at radius 2 is 2.00 bits per heavy atom. The average molecular weight is 476 g/mol. The highest BCUT2D eigenvalue weighted by atomic mass is 19.4. The lowest BCUT2D eigenvalue weighted by Gasteiger charge is -2.33. The Morgan fingerprint density at radius 1 is 1.32 bits per heavy atom. The molecule has 3 N–H and O–H groups in total. The summed E-state index contributed by atoms with van der Waals surface area (Å²) >= 11 is 0. The van der Waals surface area contributed by atoms with Crippen LogP contribution in [0.2, 0.25) is 0 Å². The van der Waals surface area contributed by atoms with Crippen LogP contribution in [0.3, 0.4) is 0 Å². The van der Waals surface area contributed by atoms with Crippen LogP contribution >= 0.6 is 0 Å². The molecule has 2 aromatic heterocycles. The zero-order chi connectivity index (χ0) is 25.0. The summed E-state index contributed by atoms with van der Waals surface area (Å²) in [6, 6.07) is 11.7. The maximum Gasteiger partial charge on any atom is 0.490 e. The number of fused-ring (bicyclic) bond motifs is 1. The Hall–Kier alpha value is -3.85. The molecule has 1 fully saturated rings. The molecule has 9 nitrogen and oxygen atoms in total. The predicted octanol–water partition coefficient (Wildman–Crippen LogP) is 2.22. The zero-order valence-electron chi connectivity index (χ0n) is 18.3. The molecule has 12 heteroatoms. The zero-order valence-corrected chi connectivity index (χ0v) is 18.3. The number of nitrogens with two attached hydrogens (primary N) is 1. The van der Waals surface area contributed by atoms with Crippen molar-refractivity contribution in [2.75, 3.05) is 18.0 Å². The first-order valence-corrected chi connectivity index (χ1v) is 10.4. The lowest BCUT2D eigenvalue weighted by atomic mass is 10.1. The lowest BCUT2D eigenvalue weighted by molar-refractivity contribution is -0.192. The number of carboxylic acids is 1. The van der Waals surface area contributed by atoms with Gasteiger partial charge >= 0.3 is 17.8 Å². The van der Waals surface area contributed by atoms with Gasteiger partial charge in [-0.05, 0) is 30.5 Å². The van der Waals surface area contributed by atoms with E-state index in [1.807, 2.05) is 24.3 Å². The fourth-order valence-corrected chi connectivity index (χ4v) is 3.87. The number of imidazole rings is 1. The van der Waals surface area contributed by atoms with Gasteiger partial charge in [-0.15, -0.1) is 0 Å². The van der Waals surface area contributed by atoms with Crippen molar-refractivity contribution in [1.29, 1.82) is 5.26 Å². The maximum atomic E-state index is 13.0. The van der Waals surface area contributed by atoms with Crippen LogP contribution in [-0.4, -0.2) is 50.5 Å². The molecular formula is C22H23F3N6O3. The molecule has 180 valence electrons. The van der Waals surface area contributed by atoms with Crippen molar-refractivity contribution in [2.24, 2.45) is 12.8 Å². The van der Waals surface area contributed by atoms with E-state index in [4.69, 9.17) is 15.6 Å². The van der Waals surface area contributed by atoms with Gasteiger partial charge in [0.15, 0.2) is 5.65 Å². The molecule has 3 aromatic rings. The van der Waals surface area contributed by atoms with Crippen LogP contribution in [-0.2, 0) is 18.4 Å². The number of carbonyl (C=O) groups is 1. The number of hydrogen-bond donors (Lipinski definition) is 2. The predicted molar refractivity (Wildman–Crippen MR) is 118 cm³/mol. The number of benzene rings is 1. The number of halogens is 3. The van der Waals surface area contributed by atoms with Crippen molar-refractivity contribution in [3.05, 3.63) is 58.1 Å². The topological polar surface area (TPSA) is 130 Å². The van der Waals surface area contributed by atoms with E-state index in [9.17, 15) is 23.2 Å². The number of piperidine rings is 1. The smallest absolute Gasteiger partial charge is 0.475 e. The number of alkyl halides is 3. The molecule has 0 radical (unpaired) electrons. The standard InChI is InChI=1S/C20H22N6O.C2HF3O2/c1-24-19-18(17(8-9-23-19)25-10-4-7-16(22)13-25)26(20(24)27)12-15-6-3-2-5-14(15)11-21;3-2(4,5)1(6)7/h2-3,5-6,8-9,16H,4,7,10,12-13,22H2,1H3;(H,6,7)/t16-;/m1./s1. The highest BCUT2D eigenvalue weighted by Crippen LogP contribution is 2.28. The van der Waals surface area contributed by atoms with Crippen LogP contribution in [0.25, 0.3) is 11.2 Å². The van der Waals surface area contributed by atoms with E-state index in [0.717, 1.165) is 42.7 Å². The van der Waals surface area contributed by atoms with E-state index in [-0.39, 0.29) is 11.7 Å². The van der Waals surface area contributed by atoms with Gasteiger partial charge in [0.05, 0.1) is 23.9 Å². The fourth-order valence-electron chi connectivity index (χ4n) is 3.87. The van der Waals surface area contributed by atoms with E-state index in [1.165, 1.54) is 0 Å². The second-order valence-electron chi connectivity index (χ2n) is 7.85. The van der Waals surface area contributed by atoms with E-state index in [0.29, 0.717) is 17.8 Å². The molecule has 1 aromatic carbocycles. The van der Waals surface area contributed by atoms with Gasteiger partial charge in [0, 0.05) is 32.4 Å². The summed E-state index contributed by atoms with van der Waals surface area (Å²) in [5.74, 6) is -2.76. The van der Waals surface area contributed by atoms with Crippen LogP contribution < -0.4 is 16.3 Å². The highest BCUT2D eigenvalue weighted by Gasteiger charge is 2.38. The molecular weight excluding hydrogens is 453 g/mol. The maximum absolute atomic E-state index is 13.0. The molecule has 0 aliphatic carbocycles. The van der Waals surface area contributed by atoms with Gasteiger partial charge in [0.1, 0.15) is 5.52 Å². The minimum absolute atomic E-state index is 0.130. The van der Waals surface area contributed by atoms with Crippen LogP contribution in [0.4, 0.5) is 18.9 Å². The molecule has 0 unspecified atom stereocenters. The second-order valence-corrected chi connectivity index (χ2v) is 7.85. The second kappa shape index (κ2) is 9.96. The highest BCUT2D eigenvalue weighted by molar-refractivity contribution is 5.87. The number of carboxylic acid groups (broad SMARTS) is 1. The van der Waals surface area contributed by atoms with Crippen LogP contribution in [0.1, 0.15) is 24.0 Å². The third-order valence-corrected chi connectivity index (χ3v) is 5.50. The number of nitrogens with zero attached hydrogens (tertiary/aromatic N) is 5. The molecule has 1 aliphatic heterocycles. The summed E-state index contributed by atoms with van der Waals surface area (Å²) in [4.78, 5) is 28.5. The van der Waals surface area contributed by atoms with E-state index >= 15 is 0 Å². The third-order valence-electron chi connectivity index (χ3n) is 5.50. The SMILES string of the molecule is Cn1c(=O)n(Cc2ccccc2C#N)c2c(N3CCC[C@@H](N)C3)ccnc21.O=C(O)C(F)(F)F. The van der Waals surface area contributed by atoms with E-state index < -0.39 is 12.1 Å². The molecule has 0 bridgehead atoms. The van der Waals surface area contributed by atoms with Crippen LogP contribution in [0, 0.1) is 11.3 Å². The van der Waals surface area contributed by atoms with Crippen molar-refractivity contribution in [2.45, 2.75) is 31.6 Å². The van der Waals surface area contributed by atoms with Crippen molar-refractivity contribution < 1.29 is 23.1 Å². The Kier molecular flexibility index (Phi) is 7.26. The van der Waals surface area contributed by atoms with Gasteiger partial charge in [0.2, 0.25) is 0 Å². The number of hydrogen-bond acceptors (Lipinski definition) is 6. The minimum atomic E-state index is -5.08. The monoisotopic (exact) mass is 476 g/mol. The number of aryl methyl sites for hydroxylation is 1. The van der Waals surface area contributed by atoms with Crippen molar-refractivity contribution in [3.8, 4) is 6.07 Å². The molecule has 3 heterocycles. The first-order valence-electron chi connectivity index (χ1n) is 10.4. The molecule has 1 atom stereocenters. The molecule has 0 saturated carbocycles. The summed E-state index contributed by atoms with van der Waals surface area (Å²) in [6.45, 7) is 2.00. The Balaban J connectivity index is 0.000000406. The summed E-state index contributed by atoms with van der Waals surface area (Å²) < 4.78 is 35.0. The molecule has 0 spiro atoms. The van der Waals surface area contributed by atoms with Crippen molar-refractivity contribution in [3.63, 3.8) is 0 Å². The summed E-state index contributed by atoms with van der Waals surface area (Å²) in [5, 5.41) is 16.5. The summed E-state index contributed by atoms with van der Waals surface area (Å²) in [5.41, 5.74) is 9.85. The van der Waals surface area contributed by atoms with Gasteiger partial charge in [-0.25, -0.2) is 14.6 Å². The van der Waals surface area contributed by atoms with Crippen LogP contribution in [0.5, 0.6) is 0 Å². The Bertz CT molecular complexity index is 1290. The normalized spacial score (nSPS) is 16.0. The molecule has 4 rings (SSSR count). The van der Waals surface area contributed by atoms with Gasteiger partial charge in [-0.1, -0.05) is 18.2 Å². The van der Waals surface area contributed by atoms with E-state index in [1.54, 1.807) is 28.4 Å². The number of aromatic nitrogens is 3. The fraction of sp³-hybridized carbons (Fsp3) is 0.364. The quantitative estimate of drug-likeness (QED) is 0.593. The van der Waals surface area contributed by atoms with Gasteiger partial charge in [-0.3, -0.25) is 9.13 Å². The molecule has 1 saturated heterocycles. The molecule has 0 amide bonds. The number of pyridine rings is 1. The minimum Gasteiger partial charge on any atom is -0.475 e. The number of anilines is 1. The molecule has 1 aliphatic rings. The first-order chi connectivity index (χ1) is 16.0. The Labute approximate surface area is 192 Å². The number of nitriles is 1. The lowest BCUT2D eigenvalue weighted by Crippen LogP contribution is -2.43. The Morgan fingerprint density at radius 3 is 2.62 bits per heavy atom. The van der Waals surface area contributed by atoms with E-state index in [2.05, 4.69) is 16.0 Å². The summed E-state index contributed by atoms with van der Waals surface area (Å²) in [6.07, 6.45) is -1.30. The van der Waals surface area contributed by atoms with Crippen molar-refractivity contribution >= 4 is 22.8 Å². The van der Waals surface area contributed by atoms with Gasteiger partial charge in [-0.2, -0.15) is 18.4 Å². The average Bonchev–Trinajstić information content (AvgIpc) is 3.04. The number of aliphatic carboxylic acids is 1. The summed E-state index contributed by atoms with van der Waals surface area (Å²) in [7, 11) is 1.73. The molecule has 34 heavy (non-hydrogen) atoms. The third kappa shape index (κ3) is 5.20. The van der Waals surface area contributed by atoms with Crippen molar-refractivity contribution in [1.82, 2.24) is 14.1 Å².